The van der Waals surface area contributed by atoms with Crippen LogP contribution in [0.2, 0.25) is 0 Å². The minimum Gasteiger partial charge on any atom is -0.379 e. The van der Waals surface area contributed by atoms with E-state index >= 15 is 0 Å². The predicted octanol–water partition coefficient (Wildman–Crippen LogP) is 4.97. The topological polar surface area (TPSA) is 15.3 Å². The molecule has 1 aliphatic heterocycles. The summed E-state index contributed by atoms with van der Waals surface area (Å²) in [4.78, 5) is 5.35. The number of piperidine rings is 1. The largest absolute Gasteiger partial charge is 0.379 e. The summed E-state index contributed by atoms with van der Waals surface area (Å²) in [7, 11) is 0. The van der Waals surface area contributed by atoms with E-state index in [2.05, 4.69) is 54.4 Å². The van der Waals surface area contributed by atoms with E-state index < -0.39 is 0 Å². The van der Waals surface area contributed by atoms with Crippen LogP contribution in [0.1, 0.15) is 34.6 Å². The number of benzene rings is 1. The van der Waals surface area contributed by atoms with E-state index in [9.17, 15) is 0 Å². The Hall–Kier alpha value is -1.48. The normalized spacial score (nSPS) is 15.2. The molecule has 0 saturated carbocycles. The summed E-state index contributed by atoms with van der Waals surface area (Å²) in [5, 5.41) is 3.65. The van der Waals surface area contributed by atoms with Crippen LogP contribution in [0.25, 0.3) is 0 Å². The van der Waals surface area contributed by atoms with E-state index in [1.165, 1.54) is 59.0 Å². The summed E-state index contributed by atoms with van der Waals surface area (Å²) in [6.07, 6.45) is 4.01. The molecule has 2 aromatic rings. The summed E-state index contributed by atoms with van der Waals surface area (Å²) in [6, 6.07) is 11.0. The summed E-state index contributed by atoms with van der Waals surface area (Å²) >= 11 is 1.89. The van der Waals surface area contributed by atoms with Crippen LogP contribution in [0.5, 0.6) is 0 Å². The SMILES string of the molecule is Cc1cc(CNc2ccccc2N2CCCCC2)c(C)s1. The number of thiophene rings is 1. The van der Waals surface area contributed by atoms with Crippen LogP contribution in [-0.4, -0.2) is 13.1 Å². The van der Waals surface area contributed by atoms with E-state index in [-0.39, 0.29) is 0 Å². The molecule has 1 N–H and O–H groups in total. The van der Waals surface area contributed by atoms with Gasteiger partial charge in [-0.3, -0.25) is 0 Å². The highest BCUT2D eigenvalue weighted by Crippen LogP contribution is 2.29. The first-order valence-electron chi connectivity index (χ1n) is 7.88. The lowest BCUT2D eigenvalue weighted by Gasteiger charge is -2.30. The van der Waals surface area contributed by atoms with Crippen molar-refractivity contribution in [3.63, 3.8) is 0 Å². The molecule has 0 amide bonds. The van der Waals surface area contributed by atoms with Gasteiger partial charge in [-0.05, 0) is 56.9 Å². The first kappa shape index (κ1) is 14.5. The molecular weight excluding hydrogens is 276 g/mol. The quantitative estimate of drug-likeness (QED) is 0.858. The van der Waals surface area contributed by atoms with Crippen molar-refractivity contribution in [3.8, 4) is 0 Å². The van der Waals surface area contributed by atoms with Crippen LogP contribution >= 0.6 is 11.3 Å². The smallest absolute Gasteiger partial charge is 0.0602 e. The van der Waals surface area contributed by atoms with E-state index in [0.29, 0.717) is 0 Å². The minimum absolute atomic E-state index is 0.918. The van der Waals surface area contributed by atoms with Crippen LogP contribution in [0.3, 0.4) is 0 Å². The zero-order valence-electron chi connectivity index (χ0n) is 13.0. The lowest BCUT2D eigenvalue weighted by Crippen LogP contribution is -2.30. The Labute approximate surface area is 131 Å². The molecule has 1 aliphatic rings. The fraction of sp³-hybridized carbons (Fsp3) is 0.444. The van der Waals surface area contributed by atoms with Crippen LogP contribution in [0, 0.1) is 13.8 Å². The van der Waals surface area contributed by atoms with Gasteiger partial charge < -0.3 is 10.2 Å². The number of rotatable bonds is 4. The minimum atomic E-state index is 0.918. The third kappa shape index (κ3) is 3.41. The number of hydrogen-bond donors (Lipinski definition) is 1. The Bertz CT molecular complexity index is 597. The Morgan fingerprint density at radius 3 is 2.57 bits per heavy atom. The van der Waals surface area contributed by atoms with Gasteiger partial charge in [0.15, 0.2) is 0 Å². The first-order valence-corrected chi connectivity index (χ1v) is 8.69. The molecule has 0 atom stereocenters. The van der Waals surface area contributed by atoms with Crippen molar-refractivity contribution in [1.82, 2.24) is 0 Å². The van der Waals surface area contributed by atoms with Crippen LogP contribution < -0.4 is 10.2 Å². The van der Waals surface area contributed by atoms with E-state index in [1.807, 2.05) is 11.3 Å². The van der Waals surface area contributed by atoms with Crippen molar-refractivity contribution in [3.05, 3.63) is 45.6 Å². The number of aryl methyl sites for hydroxylation is 2. The van der Waals surface area contributed by atoms with E-state index in [1.54, 1.807) is 0 Å². The zero-order chi connectivity index (χ0) is 14.7. The number of anilines is 2. The summed E-state index contributed by atoms with van der Waals surface area (Å²) < 4.78 is 0. The third-order valence-electron chi connectivity index (χ3n) is 4.21. The summed E-state index contributed by atoms with van der Waals surface area (Å²) in [6.45, 7) is 7.69. The van der Waals surface area contributed by atoms with Crippen molar-refractivity contribution < 1.29 is 0 Å². The second-order valence-corrected chi connectivity index (χ2v) is 7.32. The Balaban J connectivity index is 1.74. The highest BCUT2D eigenvalue weighted by molar-refractivity contribution is 7.12. The second kappa shape index (κ2) is 6.52. The maximum Gasteiger partial charge on any atom is 0.0602 e. The molecule has 0 radical (unpaired) electrons. The van der Waals surface area contributed by atoms with Crippen LogP contribution in [-0.2, 0) is 6.54 Å². The average Bonchev–Trinajstić information content (AvgIpc) is 2.84. The Morgan fingerprint density at radius 2 is 1.86 bits per heavy atom. The number of nitrogens with one attached hydrogen (secondary N) is 1. The zero-order valence-corrected chi connectivity index (χ0v) is 13.8. The lowest BCUT2D eigenvalue weighted by atomic mass is 10.1. The molecule has 0 spiro atoms. The molecule has 1 fully saturated rings. The van der Waals surface area contributed by atoms with E-state index in [0.717, 1.165) is 6.54 Å². The molecule has 2 nitrogen and oxygen atoms in total. The molecule has 112 valence electrons. The number of nitrogens with zero attached hydrogens (tertiary/aromatic N) is 1. The van der Waals surface area contributed by atoms with Crippen molar-refractivity contribution in [2.24, 2.45) is 0 Å². The predicted molar refractivity (Wildman–Crippen MR) is 93.6 cm³/mol. The van der Waals surface area contributed by atoms with Crippen LogP contribution in [0.4, 0.5) is 11.4 Å². The van der Waals surface area contributed by atoms with Gasteiger partial charge in [0.05, 0.1) is 11.4 Å². The molecule has 3 heteroatoms. The molecule has 2 heterocycles. The molecule has 1 aromatic carbocycles. The van der Waals surface area contributed by atoms with Crippen molar-refractivity contribution in [1.29, 1.82) is 0 Å². The van der Waals surface area contributed by atoms with Gasteiger partial charge >= 0.3 is 0 Å². The van der Waals surface area contributed by atoms with Crippen molar-refractivity contribution in [2.75, 3.05) is 23.3 Å². The van der Waals surface area contributed by atoms with Gasteiger partial charge in [0, 0.05) is 29.4 Å². The van der Waals surface area contributed by atoms with Gasteiger partial charge in [-0.25, -0.2) is 0 Å². The van der Waals surface area contributed by atoms with Gasteiger partial charge in [-0.1, -0.05) is 12.1 Å². The molecule has 1 aromatic heterocycles. The molecule has 21 heavy (non-hydrogen) atoms. The highest BCUT2D eigenvalue weighted by Gasteiger charge is 2.14. The fourth-order valence-corrected chi connectivity index (χ4v) is 4.03. The Morgan fingerprint density at radius 1 is 1.10 bits per heavy atom. The second-order valence-electron chi connectivity index (χ2n) is 5.86. The molecule has 0 unspecified atom stereocenters. The maximum atomic E-state index is 3.65. The van der Waals surface area contributed by atoms with Crippen molar-refractivity contribution >= 4 is 22.7 Å². The molecule has 1 saturated heterocycles. The van der Waals surface area contributed by atoms with Gasteiger partial charge in [0.1, 0.15) is 0 Å². The van der Waals surface area contributed by atoms with E-state index in [4.69, 9.17) is 0 Å². The van der Waals surface area contributed by atoms with Gasteiger partial charge in [0.2, 0.25) is 0 Å². The van der Waals surface area contributed by atoms with Gasteiger partial charge in [-0.15, -0.1) is 11.3 Å². The molecule has 0 bridgehead atoms. The monoisotopic (exact) mass is 300 g/mol. The standard InChI is InChI=1S/C18H24N2S/c1-14-12-16(15(2)21-14)13-19-17-8-4-5-9-18(17)20-10-6-3-7-11-20/h4-5,8-9,12,19H,3,6-7,10-11,13H2,1-2H3. The molecule has 3 rings (SSSR count). The highest BCUT2D eigenvalue weighted by atomic mass is 32.1. The van der Waals surface area contributed by atoms with Gasteiger partial charge in [0.25, 0.3) is 0 Å². The Kier molecular flexibility index (Phi) is 4.49. The maximum absolute atomic E-state index is 3.65. The van der Waals surface area contributed by atoms with Gasteiger partial charge in [-0.2, -0.15) is 0 Å². The number of hydrogen-bond acceptors (Lipinski definition) is 3. The average molecular weight is 300 g/mol. The first-order chi connectivity index (χ1) is 10.2. The molecule has 0 aliphatic carbocycles. The van der Waals surface area contributed by atoms with Crippen molar-refractivity contribution in [2.45, 2.75) is 39.7 Å². The third-order valence-corrected chi connectivity index (χ3v) is 5.22. The summed E-state index contributed by atoms with van der Waals surface area (Å²) in [5.74, 6) is 0. The number of para-hydroxylation sites is 2. The fourth-order valence-electron chi connectivity index (χ4n) is 3.08. The lowest BCUT2D eigenvalue weighted by molar-refractivity contribution is 0.578. The van der Waals surface area contributed by atoms with Crippen LogP contribution in [0.15, 0.2) is 30.3 Å². The molecular formula is C18H24N2S. The summed E-state index contributed by atoms with van der Waals surface area (Å²) in [5.41, 5.74) is 4.05.